The van der Waals surface area contributed by atoms with Crippen molar-refractivity contribution >= 4 is 28.6 Å². The number of fused-ring (bicyclic) bond motifs is 4. The van der Waals surface area contributed by atoms with Crippen LogP contribution in [0.2, 0.25) is 5.02 Å². The van der Waals surface area contributed by atoms with Gasteiger partial charge < -0.3 is 4.74 Å². The van der Waals surface area contributed by atoms with E-state index in [1.165, 1.54) is 13.2 Å². The molecule has 156 valence electrons. The van der Waals surface area contributed by atoms with E-state index in [4.69, 9.17) is 16.3 Å². The fourth-order valence-corrected chi connectivity index (χ4v) is 5.47. The van der Waals surface area contributed by atoms with Gasteiger partial charge in [0.15, 0.2) is 11.5 Å². The van der Waals surface area contributed by atoms with Gasteiger partial charge in [0.1, 0.15) is 11.5 Å². The molecule has 1 N–H and O–H groups in total. The Balaban J connectivity index is 1.50. The number of halogens is 2. The summed E-state index contributed by atoms with van der Waals surface area (Å²) in [5.74, 6) is 0.614. The Labute approximate surface area is 177 Å². The normalized spacial score (nSPS) is 25.6. The highest BCUT2D eigenvalue weighted by Gasteiger charge is 2.47. The lowest BCUT2D eigenvalue weighted by Crippen LogP contribution is -2.45. The summed E-state index contributed by atoms with van der Waals surface area (Å²) >= 11 is 6.44. The number of carbonyl (C=O) groups excluding carboxylic acids is 1. The number of aromatic amines is 1. The summed E-state index contributed by atoms with van der Waals surface area (Å²) in [5.41, 5.74) is 1.56. The van der Waals surface area contributed by atoms with Crippen LogP contribution in [0.25, 0.3) is 22.6 Å². The van der Waals surface area contributed by atoms with Crippen molar-refractivity contribution in [2.24, 2.45) is 23.7 Å². The second-order valence-corrected chi connectivity index (χ2v) is 8.61. The summed E-state index contributed by atoms with van der Waals surface area (Å²) in [4.78, 5) is 25.5. The van der Waals surface area contributed by atoms with Crippen molar-refractivity contribution in [3.8, 4) is 11.5 Å². The van der Waals surface area contributed by atoms with Crippen LogP contribution in [0.4, 0.5) is 4.39 Å². The molecule has 3 heterocycles. The molecule has 0 aliphatic heterocycles. The fourth-order valence-electron chi connectivity index (χ4n) is 5.31. The number of methoxy groups -OCH3 is 1. The number of hydrogen-bond donors (Lipinski definition) is 1. The summed E-state index contributed by atoms with van der Waals surface area (Å²) in [7, 11) is 1.45. The molecule has 0 saturated heterocycles. The Morgan fingerprint density at radius 2 is 2.00 bits per heavy atom. The topological polar surface area (TPSA) is 93.7 Å². The van der Waals surface area contributed by atoms with E-state index in [1.807, 2.05) is 0 Å². The SMILES string of the molecule is COC(=O)[C@@H]1C2CCC(CC2)[C@H]1Cc1nc(-c2[nH]nc3ncc(F)cc23)ncc1Cl. The van der Waals surface area contributed by atoms with E-state index in [-0.39, 0.29) is 17.8 Å². The van der Waals surface area contributed by atoms with Crippen molar-refractivity contribution in [2.45, 2.75) is 32.1 Å². The van der Waals surface area contributed by atoms with E-state index in [9.17, 15) is 9.18 Å². The molecular formula is C21H21ClFN5O2. The van der Waals surface area contributed by atoms with Crippen LogP contribution >= 0.6 is 11.6 Å². The highest BCUT2D eigenvalue weighted by atomic mass is 35.5. The lowest BCUT2D eigenvalue weighted by atomic mass is 9.57. The molecule has 3 saturated carbocycles. The number of nitrogens with one attached hydrogen (secondary N) is 1. The van der Waals surface area contributed by atoms with Crippen molar-refractivity contribution in [3.05, 3.63) is 35.0 Å². The number of aromatic nitrogens is 5. The number of nitrogens with zero attached hydrogens (tertiary/aromatic N) is 4. The minimum atomic E-state index is -0.460. The Morgan fingerprint density at radius 3 is 2.77 bits per heavy atom. The minimum Gasteiger partial charge on any atom is -0.469 e. The zero-order valence-corrected chi connectivity index (χ0v) is 17.2. The van der Waals surface area contributed by atoms with E-state index >= 15 is 0 Å². The molecule has 7 nitrogen and oxygen atoms in total. The highest BCUT2D eigenvalue weighted by molar-refractivity contribution is 6.31. The maximum Gasteiger partial charge on any atom is 0.309 e. The van der Waals surface area contributed by atoms with Crippen molar-refractivity contribution in [1.82, 2.24) is 25.1 Å². The molecule has 0 unspecified atom stereocenters. The smallest absolute Gasteiger partial charge is 0.309 e. The molecule has 3 aliphatic rings. The van der Waals surface area contributed by atoms with Gasteiger partial charge in [0.25, 0.3) is 0 Å². The van der Waals surface area contributed by atoms with E-state index in [0.717, 1.165) is 31.9 Å². The largest absolute Gasteiger partial charge is 0.469 e. The molecule has 0 spiro atoms. The predicted octanol–water partition coefficient (Wildman–Crippen LogP) is 3.98. The first-order valence-electron chi connectivity index (χ1n) is 10.1. The van der Waals surface area contributed by atoms with Gasteiger partial charge >= 0.3 is 5.97 Å². The average molecular weight is 430 g/mol. The molecule has 0 radical (unpaired) electrons. The van der Waals surface area contributed by atoms with Crippen LogP contribution in [-0.4, -0.2) is 38.2 Å². The van der Waals surface area contributed by atoms with Crippen LogP contribution in [0.1, 0.15) is 31.4 Å². The van der Waals surface area contributed by atoms with Crippen LogP contribution in [0, 0.1) is 29.5 Å². The predicted molar refractivity (Wildman–Crippen MR) is 108 cm³/mol. The van der Waals surface area contributed by atoms with Gasteiger partial charge in [0, 0.05) is 6.20 Å². The molecule has 3 aliphatic carbocycles. The van der Waals surface area contributed by atoms with Gasteiger partial charge in [-0.1, -0.05) is 11.6 Å². The molecular weight excluding hydrogens is 409 g/mol. The number of carbonyl (C=O) groups is 1. The summed E-state index contributed by atoms with van der Waals surface area (Å²) in [6.45, 7) is 0. The third kappa shape index (κ3) is 3.23. The van der Waals surface area contributed by atoms with Crippen LogP contribution in [-0.2, 0) is 16.0 Å². The first kappa shape index (κ1) is 19.4. The average Bonchev–Trinajstić information content (AvgIpc) is 3.18. The lowest BCUT2D eigenvalue weighted by molar-refractivity contribution is -0.156. The first-order chi connectivity index (χ1) is 14.5. The zero-order valence-electron chi connectivity index (χ0n) is 16.4. The number of rotatable bonds is 4. The highest BCUT2D eigenvalue weighted by Crippen LogP contribution is 2.50. The Morgan fingerprint density at radius 1 is 1.23 bits per heavy atom. The van der Waals surface area contributed by atoms with Gasteiger partial charge in [-0.15, -0.1) is 0 Å². The van der Waals surface area contributed by atoms with Gasteiger partial charge in [-0.2, -0.15) is 5.10 Å². The van der Waals surface area contributed by atoms with Gasteiger partial charge in [-0.25, -0.2) is 19.3 Å². The van der Waals surface area contributed by atoms with Crippen molar-refractivity contribution in [1.29, 1.82) is 0 Å². The molecule has 3 fully saturated rings. The van der Waals surface area contributed by atoms with E-state index in [1.54, 1.807) is 6.20 Å². The molecule has 3 aromatic rings. The molecule has 2 atom stereocenters. The maximum atomic E-state index is 13.7. The van der Waals surface area contributed by atoms with Crippen LogP contribution < -0.4 is 0 Å². The Hall–Kier alpha value is -2.61. The Kier molecular flexibility index (Phi) is 4.89. The standard InChI is InChI=1S/C21H21ClFN5O2/c1-30-21(29)17-11-4-2-10(3-5-11)13(17)7-16-15(22)9-25-20(26-16)18-14-6-12(23)8-24-19(14)28-27-18/h6,8-11,13,17H,2-5,7H2,1H3,(H,24,27,28)/t10?,11?,13-,17-/m1/s1. The zero-order chi connectivity index (χ0) is 20.8. The minimum absolute atomic E-state index is 0.122. The van der Waals surface area contributed by atoms with Crippen LogP contribution in [0.3, 0.4) is 0 Å². The molecule has 6 rings (SSSR count). The van der Waals surface area contributed by atoms with Crippen molar-refractivity contribution < 1.29 is 13.9 Å². The summed E-state index contributed by atoms with van der Waals surface area (Å²) < 4.78 is 18.8. The number of esters is 1. The summed E-state index contributed by atoms with van der Waals surface area (Å²) in [6.07, 6.45) is 7.63. The molecule has 2 bridgehead atoms. The van der Waals surface area contributed by atoms with Gasteiger partial charge in [-0.05, 0) is 55.9 Å². The van der Waals surface area contributed by atoms with Crippen molar-refractivity contribution in [3.63, 3.8) is 0 Å². The number of pyridine rings is 1. The van der Waals surface area contributed by atoms with E-state index < -0.39 is 5.82 Å². The third-order valence-electron chi connectivity index (χ3n) is 6.71. The Bertz CT molecular complexity index is 1110. The molecule has 9 heteroatoms. The van der Waals surface area contributed by atoms with Gasteiger partial charge in [0.05, 0.1) is 35.3 Å². The summed E-state index contributed by atoms with van der Waals surface area (Å²) in [5, 5.41) is 7.92. The van der Waals surface area contributed by atoms with Gasteiger partial charge in [0.2, 0.25) is 0 Å². The molecule has 0 aromatic carbocycles. The second-order valence-electron chi connectivity index (χ2n) is 8.20. The van der Waals surface area contributed by atoms with E-state index in [2.05, 4.69) is 25.1 Å². The maximum absolute atomic E-state index is 13.7. The molecule has 0 amide bonds. The number of hydrogen-bond acceptors (Lipinski definition) is 6. The number of H-pyrrole nitrogens is 1. The van der Waals surface area contributed by atoms with Crippen LogP contribution in [0.5, 0.6) is 0 Å². The summed E-state index contributed by atoms with van der Waals surface area (Å²) in [6, 6.07) is 1.35. The van der Waals surface area contributed by atoms with E-state index in [0.29, 0.717) is 51.5 Å². The quantitative estimate of drug-likeness (QED) is 0.630. The third-order valence-corrected chi connectivity index (χ3v) is 7.03. The lowest BCUT2D eigenvalue weighted by Gasteiger charge is -2.47. The van der Waals surface area contributed by atoms with Crippen LogP contribution in [0.15, 0.2) is 18.5 Å². The second kappa shape index (κ2) is 7.58. The monoisotopic (exact) mass is 429 g/mol. The molecule has 3 aromatic heterocycles. The van der Waals surface area contributed by atoms with Gasteiger partial charge in [-0.3, -0.25) is 9.89 Å². The van der Waals surface area contributed by atoms with Crippen molar-refractivity contribution in [2.75, 3.05) is 7.11 Å². The first-order valence-corrected chi connectivity index (χ1v) is 10.5. The number of ether oxygens (including phenoxy) is 1. The fraction of sp³-hybridized carbons (Fsp3) is 0.476. The molecule has 30 heavy (non-hydrogen) atoms.